The van der Waals surface area contributed by atoms with Crippen LogP contribution in [0.1, 0.15) is 76.2 Å². The minimum atomic E-state index is -0.0797. The van der Waals surface area contributed by atoms with Gasteiger partial charge in [0.2, 0.25) is 5.91 Å². The Morgan fingerprint density at radius 3 is 2.23 bits per heavy atom. The SMILES string of the molecule is CC(C)(C)c1ccc(Cn2c(CCNC(=O)C34CC5CC(CC(C5)C3)C4)nc3ccccc32)cc1. The predicted molar refractivity (Wildman–Crippen MR) is 141 cm³/mol. The second-order valence-corrected chi connectivity index (χ2v) is 12.8. The summed E-state index contributed by atoms with van der Waals surface area (Å²) in [6.07, 6.45) is 8.22. The monoisotopic (exact) mass is 469 g/mol. The maximum Gasteiger partial charge on any atom is 0.226 e. The Balaban J connectivity index is 1.17. The lowest BCUT2D eigenvalue weighted by atomic mass is 9.49. The van der Waals surface area contributed by atoms with E-state index in [4.69, 9.17) is 4.98 Å². The summed E-state index contributed by atoms with van der Waals surface area (Å²) in [7, 11) is 0. The molecule has 4 fully saturated rings. The lowest BCUT2D eigenvalue weighted by Gasteiger charge is -2.55. The van der Waals surface area contributed by atoms with Crippen molar-refractivity contribution in [1.29, 1.82) is 0 Å². The number of rotatable bonds is 6. The van der Waals surface area contributed by atoms with E-state index in [0.717, 1.165) is 66.8 Å². The van der Waals surface area contributed by atoms with Gasteiger partial charge in [0, 0.05) is 24.9 Å². The standard InChI is InChI=1S/C31H39N3O/c1-30(2,3)25-10-8-21(9-11-25)20-34-27-7-5-4-6-26(27)33-28(34)12-13-32-29(35)31-17-22-14-23(18-31)16-24(15-22)19-31/h4-11,22-24H,12-20H2,1-3H3,(H,32,35). The van der Waals surface area contributed by atoms with Gasteiger partial charge in [0.05, 0.1) is 11.0 Å². The number of nitrogens with one attached hydrogen (secondary N) is 1. The minimum absolute atomic E-state index is 0.0797. The quantitative estimate of drug-likeness (QED) is 0.463. The fourth-order valence-electron chi connectivity index (χ4n) is 7.65. The number of nitrogens with zero attached hydrogens (tertiary/aromatic N) is 2. The number of hydrogen-bond donors (Lipinski definition) is 1. The van der Waals surface area contributed by atoms with Gasteiger partial charge in [-0.3, -0.25) is 4.79 Å². The second-order valence-electron chi connectivity index (χ2n) is 12.8. The molecule has 1 heterocycles. The van der Waals surface area contributed by atoms with Crippen molar-refractivity contribution in [1.82, 2.24) is 14.9 Å². The van der Waals surface area contributed by atoms with Crippen LogP contribution in [-0.4, -0.2) is 22.0 Å². The number of hydrogen-bond acceptors (Lipinski definition) is 2. The minimum Gasteiger partial charge on any atom is -0.355 e. The summed E-state index contributed by atoms with van der Waals surface area (Å²) >= 11 is 0. The van der Waals surface area contributed by atoms with Crippen molar-refractivity contribution < 1.29 is 4.79 Å². The number of carbonyl (C=O) groups is 1. The predicted octanol–water partition coefficient (Wildman–Crippen LogP) is 6.26. The summed E-state index contributed by atoms with van der Waals surface area (Å²) in [6, 6.07) is 17.4. The number of para-hydroxylation sites is 2. The summed E-state index contributed by atoms with van der Waals surface area (Å²) in [5, 5.41) is 3.36. The third-order valence-corrected chi connectivity index (χ3v) is 9.05. The first-order valence-corrected chi connectivity index (χ1v) is 13.6. The summed E-state index contributed by atoms with van der Waals surface area (Å²) < 4.78 is 2.33. The van der Waals surface area contributed by atoms with Gasteiger partial charge in [0.1, 0.15) is 5.82 Å². The Morgan fingerprint density at radius 1 is 0.971 bits per heavy atom. The first kappa shape index (κ1) is 22.8. The number of carbonyl (C=O) groups excluding carboxylic acids is 1. The first-order chi connectivity index (χ1) is 16.8. The van der Waals surface area contributed by atoms with Crippen LogP contribution in [0.2, 0.25) is 0 Å². The van der Waals surface area contributed by atoms with Gasteiger partial charge in [0.15, 0.2) is 0 Å². The highest BCUT2D eigenvalue weighted by Gasteiger charge is 2.54. The van der Waals surface area contributed by atoms with Gasteiger partial charge in [-0.2, -0.15) is 0 Å². The van der Waals surface area contributed by atoms with Crippen molar-refractivity contribution in [3.63, 3.8) is 0 Å². The van der Waals surface area contributed by atoms with E-state index in [9.17, 15) is 4.79 Å². The van der Waals surface area contributed by atoms with Crippen LogP contribution in [0.15, 0.2) is 48.5 Å². The molecule has 35 heavy (non-hydrogen) atoms. The van der Waals surface area contributed by atoms with Crippen LogP contribution in [0.4, 0.5) is 0 Å². The fourth-order valence-corrected chi connectivity index (χ4v) is 7.65. The molecule has 0 spiro atoms. The van der Waals surface area contributed by atoms with E-state index >= 15 is 0 Å². The van der Waals surface area contributed by atoms with E-state index in [1.807, 2.05) is 0 Å². The molecule has 0 unspecified atom stereocenters. The zero-order valence-electron chi connectivity index (χ0n) is 21.5. The largest absolute Gasteiger partial charge is 0.355 e. The summed E-state index contributed by atoms with van der Waals surface area (Å²) in [4.78, 5) is 18.4. The van der Waals surface area contributed by atoms with Gasteiger partial charge in [-0.25, -0.2) is 4.98 Å². The molecule has 4 bridgehead atoms. The van der Waals surface area contributed by atoms with Crippen LogP contribution >= 0.6 is 0 Å². The molecule has 4 saturated carbocycles. The van der Waals surface area contributed by atoms with E-state index < -0.39 is 0 Å². The van der Waals surface area contributed by atoms with Crippen LogP contribution in [0.5, 0.6) is 0 Å². The van der Waals surface area contributed by atoms with Crippen LogP contribution in [0.3, 0.4) is 0 Å². The van der Waals surface area contributed by atoms with Crippen molar-refractivity contribution in [2.45, 2.75) is 77.7 Å². The maximum absolute atomic E-state index is 13.4. The highest BCUT2D eigenvalue weighted by atomic mass is 16.2. The molecule has 2 aromatic carbocycles. The molecule has 4 aliphatic rings. The Labute approximate surface area is 209 Å². The topological polar surface area (TPSA) is 46.9 Å². The molecule has 184 valence electrons. The number of benzene rings is 2. The van der Waals surface area contributed by atoms with Crippen molar-refractivity contribution >= 4 is 16.9 Å². The molecule has 0 aliphatic heterocycles. The molecule has 1 N–H and O–H groups in total. The lowest BCUT2D eigenvalue weighted by Crippen LogP contribution is -2.53. The van der Waals surface area contributed by atoms with E-state index in [1.165, 1.54) is 30.4 Å². The van der Waals surface area contributed by atoms with E-state index in [2.05, 4.69) is 79.2 Å². The van der Waals surface area contributed by atoms with Gasteiger partial charge >= 0.3 is 0 Å². The Morgan fingerprint density at radius 2 is 1.60 bits per heavy atom. The van der Waals surface area contributed by atoms with Gasteiger partial charge < -0.3 is 9.88 Å². The Bertz CT molecular complexity index is 1200. The maximum atomic E-state index is 13.4. The molecular formula is C31H39N3O. The number of aromatic nitrogens is 2. The molecule has 7 rings (SSSR count). The molecular weight excluding hydrogens is 430 g/mol. The van der Waals surface area contributed by atoms with Gasteiger partial charge in [0.25, 0.3) is 0 Å². The molecule has 0 radical (unpaired) electrons. The third kappa shape index (κ3) is 4.30. The summed E-state index contributed by atoms with van der Waals surface area (Å²) in [5.74, 6) is 3.75. The van der Waals surface area contributed by atoms with E-state index in [-0.39, 0.29) is 10.8 Å². The van der Waals surface area contributed by atoms with Crippen molar-refractivity contribution in [2.75, 3.05) is 6.54 Å². The molecule has 1 aromatic heterocycles. The first-order valence-electron chi connectivity index (χ1n) is 13.6. The molecule has 4 aliphatic carbocycles. The van der Waals surface area contributed by atoms with Crippen molar-refractivity contribution in [3.8, 4) is 0 Å². The number of fused-ring (bicyclic) bond motifs is 1. The molecule has 0 saturated heterocycles. The normalized spacial score (nSPS) is 27.5. The van der Waals surface area contributed by atoms with Crippen molar-refractivity contribution in [2.24, 2.45) is 23.2 Å². The Hall–Kier alpha value is -2.62. The lowest BCUT2D eigenvalue weighted by molar-refractivity contribution is -0.146. The molecule has 4 nitrogen and oxygen atoms in total. The zero-order valence-corrected chi connectivity index (χ0v) is 21.5. The summed E-state index contributed by atoms with van der Waals surface area (Å²) in [5.41, 5.74) is 4.89. The van der Waals surface area contributed by atoms with Crippen LogP contribution in [0.25, 0.3) is 11.0 Å². The van der Waals surface area contributed by atoms with E-state index in [1.54, 1.807) is 0 Å². The third-order valence-electron chi connectivity index (χ3n) is 9.05. The fraction of sp³-hybridized carbons (Fsp3) is 0.548. The van der Waals surface area contributed by atoms with Crippen LogP contribution in [-0.2, 0) is 23.2 Å². The highest BCUT2D eigenvalue weighted by molar-refractivity contribution is 5.83. The number of imidazole rings is 1. The smallest absolute Gasteiger partial charge is 0.226 e. The zero-order chi connectivity index (χ0) is 24.2. The van der Waals surface area contributed by atoms with Crippen LogP contribution < -0.4 is 5.32 Å². The molecule has 0 atom stereocenters. The average molecular weight is 470 g/mol. The van der Waals surface area contributed by atoms with E-state index in [0.29, 0.717) is 12.5 Å². The molecule has 1 amide bonds. The highest BCUT2D eigenvalue weighted by Crippen LogP contribution is 2.60. The molecule has 3 aromatic rings. The van der Waals surface area contributed by atoms with Gasteiger partial charge in [-0.05, 0) is 85.0 Å². The molecule has 4 heteroatoms. The van der Waals surface area contributed by atoms with Gasteiger partial charge in [-0.15, -0.1) is 0 Å². The van der Waals surface area contributed by atoms with Crippen molar-refractivity contribution in [3.05, 3.63) is 65.5 Å². The second kappa shape index (κ2) is 8.50. The van der Waals surface area contributed by atoms with Crippen LogP contribution in [0, 0.1) is 23.2 Å². The van der Waals surface area contributed by atoms with Gasteiger partial charge in [-0.1, -0.05) is 57.2 Å². The number of amides is 1. The summed E-state index contributed by atoms with van der Waals surface area (Å²) in [6.45, 7) is 8.21. The average Bonchev–Trinajstić information content (AvgIpc) is 3.15. The Kier molecular flexibility index (Phi) is 5.54.